The van der Waals surface area contributed by atoms with E-state index >= 15 is 0 Å². The summed E-state index contributed by atoms with van der Waals surface area (Å²) in [4.78, 5) is 12.5. The predicted molar refractivity (Wildman–Crippen MR) is 80.7 cm³/mol. The van der Waals surface area contributed by atoms with E-state index in [1.807, 2.05) is 24.3 Å². The lowest BCUT2D eigenvalue weighted by atomic mass is 9.77. The first-order valence-electron chi connectivity index (χ1n) is 7.29. The van der Waals surface area contributed by atoms with E-state index in [1.165, 1.54) is 0 Å². The molecule has 3 nitrogen and oxygen atoms in total. The van der Waals surface area contributed by atoms with Gasteiger partial charge in [-0.05, 0) is 43.5 Å². The van der Waals surface area contributed by atoms with Crippen molar-refractivity contribution in [2.75, 3.05) is 13.1 Å². The van der Waals surface area contributed by atoms with E-state index in [0.717, 1.165) is 44.3 Å². The van der Waals surface area contributed by atoms with Gasteiger partial charge in [0.25, 0.3) is 0 Å². The normalized spacial score (nSPS) is 22.5. The molecule has 1 heterocycles. The summed E-state index contributed by atoms with van der Waals surface area (Å²) in [5.41, 5.74) is 0.637. The van der Waals surface area contributed by atoms with Gasteiger partial charge >= 0.3 is 5.97 Å². The number of piperidine rings is 1. The average Bonchev–Trinajstić information content (AvgIpc) is 2.47. The summed E-state index contributed by atoms with van der Waals surface area (Å²) < 4.78 is 5.54. The van der Waals surface area contributed by atoms with Crippen LogP contribution in [0.25, 0.3) is 0 Å². The maximum absolute atomic E-state index is 12.5. The Morgan fingerprint density at radius 3 is 2.75 bits per heavy atom. The topological polar surface area (TPSA) is 38.3 Å². The summed E-state index contributed by atoms with van der Waals surface area (Å²) in [5.74, 6) is -0.0681. The van der Waals surface area contributed by atoms with Gasteiger partial charge in [0.05, 0.1) is 5.41 Å². The molecule has 1 saturated heterocycles. The van der Waals surface area contributed by atoms with Crippen molar-refractivity contribution in [1.82, 2.24) is 5.32 Å². The molecule has 0 bridgehead atoms. The van der Waals surface area contributed by atoms with Crippen molar-refractivity contribution < 1.29 is 9.53 Å². The van der Waals surface area contributed by atoms with Crippen molar-refractivity contribution >= 4 is 17.6 Å². The van der Waals surface area contributed by atoms with Crippen molar-refractivity contribution in [3.63, 3.8) is 0 Å². The first-order valence-corrected chi connectivity index (χ1v) is 7.66. The molecule has 110 valence electrons. The van der Waals surface area contributed by atoms with Crippen LogP contribution in [0.5, 0.6) is 0 Å². The van der Waals surface area contributed by atoms with Crippen molar-refractivity contribution in [3.05, 3.63) is 34.9 Å². The molecular formula is C16H22ClNO2. The number of halogens is 1. The number of benzene rings is 1. The van der Waals surface area contributed by atoms with E-state index in [9.17, 15) is 4.79 Å². The lowest BCUT2D eigenvalue weighted by molar-refractivity contribution is -0.159. The summed E-state index contributed by atoms with van der Waals surface area (Å²) in [6.45, 7) is 4.17. The van der Waals surface area contributed by atoms with Crippen LogP contribution in [0.4, 0.5) is 0 Å². The van der Waals surface area contributed by atoms with Crippen molar-refractivity contribution in [1.29, 1.82) is 0 Å². The monoisotopic (exact) mass is 295 g/mol. The Morgan fingerprint density at radius 1 is 1.40 bits per heavy atom. The van der Waals surface area contributed by atoms with Crippen LogP contribution in [0.3, 0.4) is 0 Å². The number of carbonyl (C=O) groups excluding carboxylic acids is 1. The molecule has 1 aliphatic heterocycles. The van der Waals surface area contributed by atoms with Gasteiger partial charge in [0.15, 0.2) is 0 Å². The fourth-order valence-electron chi connectivity index (χ4n) is 2.82. The van der Waals surface area contributed by atoms with E-state index in [0.29, 0.717) is 11.6 Å². The molecule has 0 radical (unpaired) electrons. The van der Waals surface area contributed by atoms with Crippen LogP contribution in [-0.4, -0.2) is 19.1 Å². The van der Waals surface area contributed by atoms with Gasteiger partial charge in [0.2, 0.25) is 0 Å². The van der Waals surface area contributed by atoms with Gasteiger partial charge in [-0.1, -0.05) is 37.1 Å². The summed E-state index contributed by atoms with van der Waals surface area (Å²) >= 11 is 5.84. The average molecular weight is 296 g/mol. The SMILES string of the molecule is CCCC1(C(=O)OCc2ccc(Cl)cc2)CCCNC1. The minimum absolute atomic E-state index is 0.0681. The third-order valence-corrected chi connectivity index (χ3v) is 4.17. The highest BCUT2D eigenvalue weighted by Crippen LogP contribution is 2.33. The molecule has 1 atom stereocenters. The Bertz CT molecular complexity index is 433. The molecule has 0 saturated carbocycles. The first kappa shape index (κ1) is 15.3. The summed E-state index contributed by atoms with van der Waals surface area (Å²) in [7, 11) is 0. The number of rotatable bonds is 5. The molecule has 1 N–H and O–H groups in total. The van der Waals surface area contributed by atoms with Crippen LogP contribution >= 0.6 is 11.6 Å². The fourth-order valence-corrected chi connectivity index (χ4v) is 2.94. The minimum Gasteiger partial charge on any atom is -0.460 e. The number of carbonyl (C=O) groups is 1. The second-order valence-corrected chi connectivity index (χ2v) is 5.95. The predicted octanol–water partition coefficient (Wildman–Crippen LogP) is 3.55. The first-order chi connectivity index (χ1) is 9.66. The Labute approximate surface area is 125 Å². The van der Waals surface area contributed by atoms with Crippen LogP contribution in [0.1, 0.15) is 38.2 Å². The van der Waals surface area contributed by atoms with E-state index in [1.54, 1.807) is 0 Å². The summed E-state index contributed by atoms with van der Waals surface area (Å²) in [6, 6.07) is 7.41. The minimum atomic E-state index is -0.334. The number of hydrogen-bond acceptors (Lipinski definition) is 3. The highest BCUT2D eigenvalue weighted by molar-refractivity contribution is 6.30. The molecule has 1 aliphatic rings. The molecule has 1 aromatic rings. The molecule has 0 aromatic heterocycles. The Hall–Kier alpha value is -1.06. The zero-order valence-electron chi connectivity index (χ0n) is 12.0. The third kappa shape index (κ3) is 3.74. The molecule has 4 heteroatoms. The maximum Gasteiger partial charge on any atom is 0.313 e. The van der Waals surface area contributed by atoms with Crippen LogP contribution in [0.2, 0.25) is 5.02 Å². The Kier molecular flexibility index (Phi) is 5.44. The summed E-state index contributed by atoms with van der Waals surface area (Å²) in [5, 5.41) is 4.02. The van der Waals surface area contributed by atoms with Crippen molar-refractivity contribution in [3.8, 4) is 0 Å². The van der Waals surface area contributed by atoms with Crippen LogP contribution in [0, 0.1) is 5.41 Å². The number of esters is 1. The molecule has 0 amide bonds. The fraction of sp³-hybridized carbons (Fsp3) is 0.562. The smallest absolute Gasteiger partial charge is 0.313 e. The van der Waals surface area contributed by atoms with Crippen LogP contribution in [0.15, 0.2) is 24.3 Å². The lowest BCUT2D eigenvalue weighted by Gasteiger charge is -2.35. The zero-order chi connectivity index (χ0) is 14.4. The highest BCUT2D eigenvalue weighted by Gasteiger charge is 2.40. The van der Waals surface area contributed by atoms with Gasteiger partial charge < -0.3 is 10.1 Å². The molecule has 0 aliphatic carbocycles. The van der Waals surface area contributed by atoms with Crippen LogP contribution < -0.4 is 5.32 Å². The molecule has 2 rings (SSSR count). The van der Waals surface area contributed by atoms with Gasteiger partial charge in [0.1, 0.15) is 6.61 Å². The van der Waals surface area contributed by atoms with Gasteiger partial charge in [-0.2, -0.15) is 0 Å². The number of ether oxygens (including phenoxy) is 1. The molecule has 20 heavy (non-hydrogen) atoms. The van der Waals surface area contributed by atoms with Crippen molar-refractivity contribution in [2.45, 2.75) is 39.2 Å². The van der Waals surface area contributed by atoms with E-state index < -0.39 is 0 Å². The molecule has 1 fully saturated rings. The Balaban J connectivity index is 1.96. The molecular weight excluding hydrogens is 274 g/mol. The Morgan fingerprint density at radius 2 is 2.15 bits per heavy atom. The van der Waals surface area contributed by atoms with E-state index in [4.69, 9.17) is 16.3 Å². The summed E-state index contributed by atoms with van der Waals surface area (Å²) in [6.07, 6.45) is 3.85. The second kappa shape index (κ2) is 7.09. The van der Waals surface area contributed by atoms with E-state index in [-0.39, 0.29) is 11.4 Å². The van der Waals surface area contributed by atoms with Gasteiger partial charge in [-0.15, -0.1) is 0 Å². The quantitative estimate of drug-likeness (QED) is 0.844. The molecule has 1 unspecified atom stereocenters. The van der Waals surface area contributed by atoms with Gasteiger partial charge in [0, 0.05) is 11.6 Å². The van der Waals surface area contributed by atoms with E-state index in [2.05, 4.69) is 12.2 Å². The standard InChI is InChI=1S/C16H22ClNO2/c1-2-8-16(9-3-10-18-12-16)15(19)20-11-13-4-6-14(17)7-5-13/h4-7,18H,2-3,8-12H2,1H3. The number of hydrogen-bond donors (Lipinski definition) is 1. The van der Waals surface area contributed by atoms with Gasteiger partial charge in [-0.25, -0.2) is 0 Å². The van der Waals surface area contributed by atoms with Crippen molar-refractivity contribution in [2.24, 2.45) is 5.41 Å². The molecule has 1 aromatic carbocycles. The highest BCUT2D eigenvalue weighted by atomic mass is 35.5. The lowest BCUT2D eigenvalue weighted by Crippen LogP contribution is -2.46. The van der Waals surface area contributed by atoms with Gasteiger partial charge in [-0.3, -0.25) is 4.79 Å². The molecule has 0 spiro atoms. The largest absolute Gasteiger partial charge is 0.460 e. The second-order valence-electron chi connectivity index (χ2n) is 5.51. The zero-order valence-corrected chi connectivity index (χ0v) is 12.7. The van der Waals surface area contributed by atoms with Crippen LogP contribution in [-0.2, 0) is 16.1 Å². The number of nitrogens with one attached hydrogen (secondary N) is 1. The third-order valence-electron chi connectivity index (χ3n) is 3.92. The maximum atomic E-state index is 12.5.